The molecule has 0 spiro atoms. The van der Waals surface area contributed by atoms with Crippen LogP contribution < -0.4 is 11.4 Å². The molecule has 8 nitrogen and oxygen atoms in total. The molecule has 1 aromatic heterocycles. The summed E-state index contributed by atoms with van der Waals surface area (Å²) in [5.41, 5.74) is 5.23. The number of aliphatic hydroxyl groups excluding tert-OH is 1. The lowest BCUT2D eigenvalue weighted by Crippen LogP contribution is -2.29. The molecule has 1 unspecified atom stereocenters. The van der Waals surface area contributed by atoms with Crippen LogP contribution in [0.2, 0.25) is 0 Å². The number of aliphatic hydroxyl groups is 1. The van der Waals surface area contributed by atoms with Gasteiger partial charge in [-0.2, -0.15) is 0 Å². The van der Waals surface area contributed by atoms with Crippen LogP contribution in [0.15, 0.2) is 11.0 Å². The Labute approximate surface area is 126 Å². The lowest BCUT2D eigenvalue weighted by Gasteiger charge is -2.16. The first kappa shape index (κ1) is 17.5. The molecule has 21 heavy (non-hydrogen) atoms. The minimum absolute atomic E-state index is 0.0664. The van der Waals surface area contributed by atoms with Gasteiger partial charge in [0, 0.05) is 25.4 Å². The van der Waals surface area contributed by atoms with Crippen LogP contribution in [0.4, 0.5) is 0 Å². The summed E-state index contributed by atoms with van der Waals surface area (Å²) in [5, 5.41) is 9.13. The van der Waals surface area contributed by atoms with Crippen LogP contribution in [-0.2, 0) is 27.4 Å². The number of methoxy groups -OCH3 is 1. The van der Waals surface area contributed by atoms with E-state index in [2.05, 4.69) is 4.98 Å². The van der Waals surface area contributed by atoms with Gasteiger partial charge in [0.05, 0.1) is 19.3 Å². The maximum absolute atomic E-state index is 11.7. The standard InChI is InChI=1S/C12H19N3O5S/c1-19-9(7-20-10(17)4-13)2-3-15-5-8(6-16)11(21)14-12(15)18/h5,9,16H,2-4,6-7,13H2,1H3,(H,14,18,21). The Morgan fingerprint density at radius 1 is 1.62 bits per heavy atom. The molecule has 0 bridgehead atoms. The van der Waals surface area contributed by atoms with Crippen LogP contribution in [0.1, 0.15) is 12.0 Å². The minimum Gasteiger partial charge on any atom is -0.462 e. The van der Waals surface area contributed by atoms with Crippen molar-refractivity contribution in [2.24, 2.45) is 5.73 Å². The van der Waals surface area contributed by atoms with Gasteiger partial charge >= 0.3 is 11.7 Å². The number of carbonyl (C=O) groups is 1. The van der Waals surface area contributed by atoms with Crippen molar-refractivity contribution in [2.75, 3.05) is 20.3 Å². The first-order valence-electron chi connectivity index (χ1n) is 6.33. The predicted molar refractivity (Wildman–Crippen MR) is 77.2 cm³/mol. The number of H-pyrrole nitrogens is 1. The fourth-order valence-corrected chi connectivity index (χ4v) is 1.83. The van der Waals surface area contributed by atoms with E-state index in [1.54, 1.807) is 0 Å². The Balaban J connectivity index is 2.66. The smallest absolute Gasteiger partial charge is 0.326 e. The van der Waals surface area contributed by atoms with Crippen molar-refractivity contribution < 1.29 is 19.4 Å². The SMILES string of the molecule is COC(CCn1cc(CO)c(=S)[nH]c1=O)COC(=O)CN. The van der Waals surface area contributed by atoms with Crippen LogP contribution in [-0.4, -0.2) is 47.0 Å². The Hall–Kier alpha value is -1.55. The second-order valence-electron chi connectivity index (χ2n) is 4.30. The van der Waals surface area contributed by atoms with E-state index in [1.165, 1.54) is 17.9 Å². The molecule has 4 N–H and O–H groups in total. The molecule has 1 aromatic rings. The van der Waals surface area contributed by atoms with Gasteiger partial charge in [-0.05, 0) is 6.42 Å². The van der Waals surface area contributed by atoms with E-state index in [1.807, 2.05) is 0 Å². The summed E-state index contributed by atoms with van der Waals surface area (Å²) < 4.78 is 11.7. The zero-order chi connectivity index (χ0) is 15.8. The summed E-state index contributed by atoms with van der Waals surface area (Å²) in [4.78, 5) is 25.2. The quantitative estimate of drug-likeness (QED) is 0.428. The van der Waals surface area contributed by atoms with E-state index < -0.39 is 5.97 Å². The van der Waals surface area contributed by atoms with Gasteiger partial charge in [0.2, 0.25) is 0 Å². The van der Waals surface area contributed by atoms with Crippen LogP contribution >= 0.6 is 12.2 Å². The van der Waals surface area contributed by atoms with Gasteiger partial charge < -0.3 is 24.9 Å². The molecule has 1 rings (SSSR count). The van der Waals surface area contributed by atoms with E-state index in [0.717, 1.165) is 0 Å². The molecular formula is C12H19N3O5S. The number of nitrogens with zero attached hydrogens (tertiary/aromatic N) is 1. The lowest BCUT2D eigenvalue weighted by atomic mass is 10.2. The van der Waals surface area contributed by atoms with Crippen LogP contribution in [0.5, 0.6) is 0 Å². The van der Waals surface area contributed by atoms with Crippen molar-refractivity contribution in [1.82, 2.24) is 9.55 Å². The molecule has 0 aliphatic heterocycles. The van der Waals surface area contributed by atoms with Crippen molar-refractivity contribution in [1.29, 1.82) is 0 Å². The number of rotatable bonds is 8. The molecule has 1 atom stereocenters. The van der Waals surface area contributed by atoms with E-state index in [-0.39, 0.29) is 36.2 Å². The van der Waals surface area contributed by atoms with E-state index >= 15 is 0 Å². The average Bonchev–Trinajstić information content (AvgIpc) is 2.48. The third-order valence-electron chi connectivity index (χ3n) is 2.88. The fraction of sp³-hybridized carbons (Fsp3) is 0.583. The number of ether oxygens (including phenoxy) is 2. The number of hydrogen-bond donors (Lipinski definition) is 3. The molecule has 0 saturated heterocycles. The number of esters is 1. The Morgan fingerprint density at radius 2 is 2.33 bits per heavy atom. The van der Waals surface area contributed by atoms with Gasteiger partial charge in [-0.1, -0.05) is 12.2 Å². The number of aromatic amines is 1. The Morgan fingerprint density at radius 3 is 2.90 bits per heavy atom. The fourth-order valence-electron chi connectivity index (χ4n) is 1.63. The highest BCUT2D eigenvalue weighted by Crippen LogP contribution is 2.03. The number of aryl methyl sites for hydroxylation is 1. The average molecular weight is 317 g/mol. The summed E-state index contributed by atoms with van der Waals surface area (Å²) in [7, 11) is 1.49. The zero-order valence-electron chi connectivity index (χ0n) is 11.7. The summed E-state index contributed by atoms with van der Waals surface area (Å²) in [5.74, 6) is -0.513. The van der Waals surface area contributed by atoms with Gasteiger partial charge in [-0.25, -0.2) is 4.79 Å². The largest absolute Gasteiger partial charge is 0.462 e. The summed E-state index contributed by atoms with van der Waals surface area (Å²) in [6.07, 6.45) is 1.59. The first-order chi connectivity index (χ1) is 10.0. The summed E-state index contributed by atoms with van der Waals surface area (Å²) in [6, 6.07) is 0. The van der Waals surface area contributed by atoms with Gasteiger partial charge in [-0.15, -0.1) is 0 Å². The maximum Gasteiger partial charge on any atom is 0.326 e. The van der Waals surface area contributed by atoms with Gasteiger partial charge in [0.15, 0.2) is 0 Å². The summed E-state index contributed by atoms with van der Waals surface area (Å²) >= 11 is 4.92. The molecule has 1 heterocycles. The molecule has 0 aromatic carbocycles. The Kier molecular flexibility index (Phi) is 7.23. The molecule has 0 amide bonds. The second kappa shape index (κ2) is 8.67. The molecule has 9 heteroatoms. The van der Waals surface area contributed by atoms with Crippen molar-refractivity contribution in [3.63, 3.8) is 0 Å². The van der Waals surface area contributed by atoms with Crippen molar-refractivity contribution in [3.05, 3.63) is 26.9 Å². The molecular weight excluding hydrogens is 298 g/mol. The monoisotopic (exact) mass is 317 g/mol. The topological polar surface area (TPSA) is 120 Å². The highest BCUT2D eigenvalue weighted by Gasteiger charge is 2.11. The van der Waals surface area contributed by atoms with Crippen LogP contribution in [0.25, 0.3) is 0 Å². The van der Waals surface area contributed by atoms with Crippen LogP contribution in [0.3, 0.4) is 0 Å². The predicted octanol–water partition coefficient (Wildman–Crippen LogP) is -0.695. The molecule has 118 valence electrons. The first-order valence-corrected chi connectivity index (χ1v) is 6.74. The lowest BCUT2D eigenvalue weighted by molar-refractivity contribution is -0.145. The minimum atomic E-state index is -0.513. The third kappa shape index (κ3) is 5.38. The van der Waals surface area contributed by atoms with Gasteiger partial charge in [0.25, 0.3) is 0 Å². The summed E-state index contributed by atoms with van der Waals surface area (Å²) in [6.45, 7) is -0.0456. The van der Waals surface area contributed by atoms with Gasteiger partial charge in [-0.3, -0.25) is 9.78 Å². The number of aromatic nitrogens is 2. The third-order valence-corrected chi connectivity index (χ3v) is 3.24. The molecule has 0 saturated carbocycles. The number of nitrogens with two attached hydrogens (primary N) is 1. The van der Waals surface area contributed by atoms with E-state index in [9.17, 15) is 9.59 Å². The highest BCUT2D eigenvalue weighted by molar-refractivity contribution is 7.71. The van der Waals surface area contributed by atoms with Crippen molar-refractivity contribution >= 4 is 18.2 Å². The van der Waals surface area contributed by atoms with E-state index in [0.29, 0.717) is 18.5 Å². The van der Waals surface area contributed by atoms with Crippen LogP contribution in [0, 0.1) is 4.64 Å². The van der Waals surface area contributed by atoms with Crippen molar-refractivity contribution in [3.8, 4) is 0 Å². The number of hydrogen-bond acceptors (Lipinski definition) is 7. The Bertz CT molecular complexity index is 583. The second-order valence-corrected chi connectivity index (χ2v) is 4.71. The molecule has 0 radical (unpaired) electrons. The molecule has 0 aliphatic rings. The molecule has 0 aliphatic carbocycles. The number of nitrogens with one attached hydrogen (secondary N) is 1. The molecule has 0 fully saturated rings. The van der Waals surface area contributed by atoms with E-state index in [4.69, 9.17) is 32.5 Å². The zero-order valence-corrected chi connectivity index (χ0v) is 12.5. The normalized spacial score (nSPS) is 12.1. The maximum atomic E-state index is 11.7. The van der Waals surface area contributed by atoms with Crippen molar-refractivity contribution in [2.45, 2.75) is 25.7 Å². The number of carbonyl (C=O) groups excluding carboxylic acids is 1. The van der Waals surface area contributed by atoms with Gasteiger partial charge in [0.1, 0.15) is 11.2 Å². The highest BCUT2D eigenvalue weighted by atomic mass is 32.1.